The molecule has 4 atom stereocenters. The molecule has 0 aliphatic carbocycles. The first-order chi connectivity index (χ1) is 7.06. The molecule has 2 N–H and O–H groups in total. The summed E-state index contributed by atoms with van der Waals surface area (Å²) < 4.78 is 0. The van der Waals surface area contributed by atoms with Crippen molar-refractivity contribution in [2.75, 3.05) is 10.2 Å². The van der Waals surface area contributed by atoms with Gasteiger partial charge in [-0.15, -0.1) is 0 Å². The Bertz CT molecular complexity index is 409. The van der Waals surface area contributed by atoms with Crippen molar-refractivity contribution in [1.82, 2.24) is 0 Å². The first kappa shape index (κ1) is 13.8. The third kappa shape index (κ3) is 3.67. The number of nitrogens with one attached hydrogen (secondary N) is 2. The van der Waals surface area contributed by atoms with Crippen LogP contribution in [0.3, 0.4) is 0 Å². The van der Waals surface area contributed by atoms with Gasteiger partial charge in [-0.05, 0) is 0 Å². The van der Waals surface area contributed by atoms with E-state index in [-0.39, 0.29) is 0 Å². The van der Waals surface area contributed by atoms with E-state index in [1.807, 2.05) is 0 Å². The third-order valence-corrected chi connectivity index (χ3v) is 84.7. The molecular formula is C6H16N2P4SSe2. The van der Waals surface area contributed by atoms with Gasteiger partial charge in [0, 0.05) is 0 Å². The summed E-state index contributed by atoms with van der Waals surface area (Å²) in [5, 5.41) is 7.72. The van der Waals surface area contributed by atoms with E-state index in [1.54, 1.807) is 0 Å². The summed E-state index contributed by atoms with van der Waals surface area (Å²) in [7, 11) is 2.45. The van der Waals surface area contributed by atoms with Crippen molar-refractivity contribution in [1.29, 1.82) is 0 Å². The van der Waals surface area contributed by atoms with Crippen LogP contribution in [-0.4, -0.2) is 39.3 Å². The summed E-state index contributed by atoms with van der Waals surface area (Å²) in [5.41, 5.74) is 0. The second-order valence-electron chi connectivity index (χ2n) is 3.83. The molecule has 2 heterocycles. The Morgan fingerprint density at radius 2 is 1.27 bits per heavy atom. The Labute approximate surface area is 109 Å². The summed E-state index contributed by atoms with van der Waals surface area (Å²) in [4.78, 5) is 0.842. The van der Waals surface area contributed by atoms with Gasteiger partial charge in [-0.3, -0.25) is 0 Å². The fourth-order valence-corrected chi connectivity index (χ4v) is 163. The summed E-state index contributed by atoms with van der Waals surface area (Å²) in [6.45, 7) is 9.23. The Kier molecular flexibility index (Phi) is 5.53. The minimum atomic E-state index is 0.323. The number of hydrogen-bond donors (Lipinski definition) is 2. The summed E-state index contributed by atoms with van der Waals surface area (Å²) in [5.74, 6) is 0. The second kappa shape index (κ2) is 6.01. The van der Waals surface area contributed by atoms with Gasteiger partial charge in [0.2, 0.25) is 0 Å². The number of rotatable bonds is 4. The standard InChI is InChI=1S/C6H16N2P4SSe2/c1-5(2)7-9-11-13-12(14-9)10(15-11)8-6(3)4/h5-8H,1-4H3. The Balaban J connectivity index is 2.21. The fraction of sp³-hybridized carbons (Fsp3) is 1.00. The first-order valence-corrected chi connectivity index (χ1v) is 22.5. The van der Waals surface area contributed by atoms with E-state index in [1.165, 1.54) is 0 Å². The molecule has 0 aromatic carbocycles. The zero-order valence-electron chi connectivity index (χ0n) is 9.17. The van der Waals surface area contributed by atoms with Crippen LogP contribution in [0.1, 0.15) is 27.7 Å². The number of fused-ring (bicyclic) bond motifs is 2. The second-order valence-corrected chi connectivity index (χ2v) is 44.2. The van der Waals surface area contributed by atoms with Crippen LogP contribution in [0.4, 0.5) is 0 Å². The van der Waals surface area contributed by atoms with E-state index in [4.69, 9.17) is 0 Å². The molecule has 88 valence electrons. The van der Waals surface area contributed by atoms with E-state index < -0.39 is 0 Å². The fourth-order valence-electron chi connectivity index (χ4n) is 0.997. The van der Waals surface area contributed by atoms with E-state index in [9.17, 15) is 0 Å². The van der Waals surface area contributed by atoms with Crippen LogP contribution in [0.2, 0.25) is 0 Å². The van der Waals surface area contributed by atoms with Gasteiger partial charge in [-0.25, -0.2) is 0 Å². The van der Waals surface area contributed by atoms with Gasteiger partial charge in [0.05, 0.1) is 0 Å². The van der Waals surface area contributed by atoms with Gasteiger partial charge in [0.15, 0.2) is 0 Å². The topological polar surface area (TPSA) is 24.1 Å². The van der Waals surface area contributed by atoms with Gasteiger partial charge in [0.1, 0.15) is 0 Å². The molecule has 0 aliphatic heterocycles. The van der Waals surface area contributed by atoms with Gasteiger partial charge in [0.25, 0.3) is 0 Å². The van der Waals surface area contributed by atoms with Crippen molar-refractivity contribution in [2.45, 2.75) is 39.8 Å². The number of hydrogen-bond acceptors (Lipinski definition) is 3. The zero-order chi connectivity index (χ0) is 11.0. The van der Waals surface area contributed by atoms with Crippen LogP contribution < -0.4 is 10.2 Å². The minimum absolute atomic E-state index is 0.323. The van der Waals surface area contributed by atoms with E-state index in [2.05, 4.69) is 48.4 Å². The van der Waals surface area contributed by atoms with Crippen molar-refractivity contribution in [3.63, 3.8) is 0 Å². The van der Waals surface area contributed by atoms with Gasteiger partial charge < -0.3 is 0 Å². The molecule has 9 heteroatoms. The summed E-state index contributed by atoms with van der Waals surface area (Å²) >= 11 is 1.97. The first-order valence-electron chi connectivity index (χ1n) is 4.83. The molecule has 0 radical (unpaired) electrons. The normalized spacial score (nSPS) is 17.2. The summed E-state index contributed by atoms with van der Waals surface area (Å²) in [6.07, 6.45) is 0. The van der Waals surface area contributed by atoms with Crippen LogP contribution in [0.15, 0.2) is 0 Å². The molecule has 2 aromatic heterocycles. The molecule has 2 nitrogen and oxygen atoms in total. The average Bonchev–Trinajstić information content (AvgIpc) is 2.60. The summed E-state index contributed by atoms with van der Waals surface area (Å²) in [6, 6.07) is 2.08. The van der Waals surface area contributed by atoms with Crippen LogP contribution >= 0.6 is 32.3 Å². The molecule has 15 heavy (non-hydrogen) atoms. The zero-order valence-corrected chi connectivity index (χ0v) is 17.0. The van der Waals surface area contributed by atoms with Crippen LogP contribution in [0.5, 0.6) is 0 Å². The molecule has 0 saturated heterocycles. The predicted octanol–water partition coefficient (Wildman–Crippen LogP) is 4.59. The van der Waals surface area contributed by atoms with E-state index >= 15 is 0 Å². The molecule has 2 bridgehead atoms. The Hall–Kier alpha value is 2.38. The molecule has 2 aromatic rings. The van der Waals surface area contributed by atoms with Crippen molar-refractivity contribution in [2.24, 2.45) is 0 Å². The molecule has 0 spiro atoms. The van der Waals surface area contributed by atoms with Gasteiger partial charge in [-0.1, -0.05) is 0 Å². The van der Waals surface area contributed by atoms with Crippen molar-refractivity contribution >= 4 is 59.5 Å². The maximum atomic E-state index is 3.86. The molecule has 2 rings (SSSR count). The molecule has 0 amide bonds. The molecule has 0 fully saturated rings. The monoisotopic (exact) mass is 432 g/mol. The molecule has 0 aliphatic rings. The quantitative estimate of drug-likeness (QED) is 0.694. The van der Waals surface area contributed by atoms with Crippen LogP contribution in [0.25, 0.3) is 0 Å². The average molecular weight is 430 g/mol. The SMILES string of the molecule is CC(C)Np1[se]p2sp1[se]p2NC(C)C. The van der Waals surface area contributed by atoms with Crippen LogP contribution in [0, 0.1) is 0 Å². The molecule has 0 saturated carbocycles. The molecular weight excluding hydrogens is 414 g/mol. The Morgan fingerprint density at radius 1 is 0.867 bits per heavy atom. The van der Waals surface area contributed by atoms with Crippen molar-refractivity contribution < 1.29 is 0 Å². The van der Waals surface area contributed by atoms with Gasteiger partial charge >= 0.3 is 109 Å². The predicted molar refractivity (Wildman–Crippen MR) is 84.1 cm³/mol. The molecule has 4 unspecified atom stereocenters. The third-order valence-electron chi connectivity index (χ3n) is 1.47. The van der Waals surface area contributed by atoms with Gasteiger partial charge in [-0.2, -0.15) is 0 Å². The van der Waals surface area contributed by atoms with Crippen LogP contribution in [-0.2, 0) is 0 Å². The van der Waals surface area contributed by atoms with Crippen molar-refractivity contribution in [3.8, 4) is 0 Å². The maximum absolute atomic E-state index is 3.86. The Morgan fingerprint density at radius 3 is 1.53 bits per heavy atom. The van der Waals surface area contributed by atoms with E-state index in [0.29, 0.717) is 21.7 Å². The van der Waals surface area contributed by atoms with E-state index in [0.717, 1.165) is 39.3 Å². The van der Waals surface area contributed by atoms with Crippen molar-refractivity contribution in [3.05, 3.63) is 0 Å².